The van der Waals surface area contributed by atoms with Crippen LogP contribution in [0.25, 0.3) is 11.1 Å². The van der Waals surface area contributed by atoms with Crippen LogP contribution in [0.2, 0.25) is 5.02 Å². The van der Waals surface area contributed by atoms with Crippen molar-refractivity contribution in [3.63, 3.8) is 0 Å². The molecule has 35 heavy (non-hydrogen) atoms. The molecule has 1 N–H and O–H groups in total. The molecule has 0 radical (unpaired) electrons. The van der Waals surface area contributed by atoms with Gasteiger partial charge in [-0.3, -0.25) is 10.2 Å². The standard InChI is InChI=1S/C28H19ClF2N3O/c29-22-9-10-23(30)27(28(22)31)20-8-11-26(34(35)16-20)21(12-17-4-2-1-3-5-17)25-14-19-7-6-18(15-32)13-24(19)33-25/h1-11,13,16,21,35H,12,14H2/q+1. The monoisotopic (exact) mass is 486 g/mol. The molecule has 5 rings (SSSR count). The lowest BCUT2D eigenvalue weighted by atomic mass is 9.88. The lowest BCUT2D eigenvalue weighted by Crippen LogP contribution is -2.39. The van der Waals surface area contributed by atoms with Crippen molar-refractivity contribution in [2.75, 3.05) is 0 Å². The predicted octanol–water partition coefficient (Wildman–Crippen LogP) is 6.34. The normalized spacial score (nSPS) is 13.1. The minimum Gasteiger partial charge on any atom is -0.285 e. The van der Waals surface area contributed by atoms with Crippen molar-refractivity contribution in [3.8, 4) is 17.2 Å². The molecule has 2 heterocycles. The molecule has 7 heteroatoms. The molecule has 1 aromatic heterocycles. The number of nitrogens with zero attached hydrogens (tertiary/aromatic N) is 3. The van der Waals surface area contributed by atoms with Gasteiger partial charge in [-0.1, -0.05) is 48.0 Å². The van der Waals surface area contributed by atoms with Crippen LogP contribution in [-0.2, 0) is 12.8 Å². The number of nitriles is 1. The van der Waals surface area contributed by atoms with Crippen LogP contribution in [-0.4, -0.2) is 10.9 Å². The van der Waals surface area contributed by atoms with Crippen molar-refractivity contribution >= 4 is 23.0 Å². The molecule has 0 bridgehead atoms. The summed E-state index contributed by atoms with van der Waals surface area (Å²) in [5.74, 6) is -1.97. The van der Waals surface area contributed by atoms with Crippen molar-refractivity contribution in [1.82, 2.24) is 0 Å². The van der Waals surface area contributed by atoms with Gasteiger partial charge in [-0.25, -0.2) is 8.78 Å². The van der Waals surface area contributed by atoms with Crippen molar-refractivity contribution < 1.29 is 18.7 Å². The van der Waals surface area contributed by atoms with Gasteiger partial charge in [0.25, 0.3) is 0 Å². The maximum absolute atomic E-state index is 14.6. The molecule has 0 fully saturated rings. The van der Waals surface area contributed by atoms with Crippen LogP contribution < -0.4 is 4.73 Å². The van der Waals surface area contributed by atoms with E-state index in [2.05, 4.69) is 6.07 Å². The van der Waals surface area contributed by atoms with Gasteiger partial charge in [0.15, 0.2) is 5.82 Å². The van der Waals surface area contributed by atoms with Gasteiger partial charge in [0.05, 0.1) is 39.4 Å². The first kappa shape index (κ1) is 22.7. The van der Waals surface area contributed by atoms with Gasteiger partial charge in [0.1, 0.15) is 5.82 Å². The number of hydrogen-bond donors (Lipinski definition) is 1. The third-order valence-electron chi connectivity index (χ3n) is 6.18. The van der Waals surface area contributed by atoms with Gasteiger partial charge in [-0.05, 0) is 47.9 Å². The second-order valence-corrected chi connectivity index (χ2v) is 8.79. The lowest BCUT2D eigenvalue weighted by Gasteiger charge is -2.15. The van der Waals surface area contributed by atoms with E-state index >= 15 is 0 Å². The van der Waals surface area contributed by atoms with Gasteiger partial charge in [0.2, 0.25) is 11.9 Å². The van der Waals surface area contributed by atoms with E-state index < -0.39 is 11.6 Å². The number of aliphatic imine (C=N–C) groups is 1. The van der Waals surface area contributed by atoms with Crippen LogP contribution in [0.5, 0.6) is 0 Å². The molecule has 0 aliphatic carbocycles. The number of fused-ring (bicyclic) bond motifs is 1. The summed E-state index contributed by atoms with van der Waals surface area (Å²) in [4.78, 5) is 4.80. The zero-order valence-corrected chi connectivity index (χ0v) is 19.2. The highest BCUT2D eigenvalue weighted by Crippen LogP contribution is 2.35. The first-order valence-electron chi connectivity index (χ1n) is 11.0. The van der Waals surface area contributed by atoms with Crippen LogP contribution >= 0.6 is 11.6 Å². The van der Waals surface area contributed by atoms with Crippen molar-refractivity contribution in [1.29, 1.82) is 5.26 Å². The van der Waals surface area contributed by atoms with Crippen LogP contribution in [0.4, 0.5) is 14.5 Å². The van der Waals surface area contributed by atoms with E-state index in [0.29, 0.717) is 24.1 Å². The summed E-state index contributed by atoms with van der Waals surface area (Å²) in [5.41, 5.74) is 4.51. The molecule has 172 valence electrons. The molecule has 1 unspecified atom stereocenters. The highest BCUT2D eigenvalue weighted by atomic mass is 35.5. The average Bonchev–Trinajstić information content (AvgIpc) is 3.29. The first-order valence-corrected chi connectivity index (χ1v) is 11.4. The van der Waals surface area contributed by atoms with Crippen molar-refractivity contribution in [3.05, 3.63) is 118 Å². The molecule has 4 nitrogen and oxygen atoms in total. The molecule has 4 aromatic rings. The Morgan fingerprint density at radius 3 is 2.60 bits per heavy atom. The Morgan fingerprint density at radius 2 is 1.86 bits per heavy atom. The number of halogens is 3. The van der Waals surface area contributed by atoms with E-state index in [9.17, 15) is 19.2 Å². The van der Waals surface area contributed by atoms with Crippen LogP contribution in [0.3, 0.4) is 0 Å². The third kappa shape index (κ3) is 4.39. The smallest absolute Gasteiger partial charge is 0.243 e. The van der Waals surface area contributed by atoms with E-state index in [1.807, 2.05) is 36.4 Å². The van der Waals surface area contributed by atoms with E-state index in [4.69, 9.17) is 16.6 Å². The first-order chi connectivity index (χ1) is 16.9. The fraction of sp³-hybridized carbons (Fsp3) is 0.107. The number of benzene rings is 3. The summed E-state index contributed by atoms with van der Waals surface area (Å²) in [6.45, 7) is 0. The molecule has 0 amide bonds. The Bertz CT molecular complexity index is 1510. The molecular formula is C28H19ClF2N3O+. The Morgan fingerprint density at radius 1 is 1.06 bits per heavy atom. The van der Waals surface area contributed by atoms with E-state index in [0.717, 1.165) is 39.4 Å². The van der Waals surface area contributed by atoms with E-state index in [1.54, 1.807) is 24.3 Å². The van der Waals surface area contributed by atoms with Crippen LogP contribution in [0.15, 0.2) is 84.0 Å². The van der Waals surface area contributed by atoms with Gasteiger partial charge in [0, 0.05) is 22.9 Å². The molecule has 1 atom stereocenters. The number of aromatic nitrogens is 1. The van der Waals surface area contributed by atoms with Crippen LogP contribution in [0, 0.1) is 23.0 Å². The summed E-state index contributed by atoms with van der Waals surface area (Å²) >= 11 is 5.85. The fourth-order valence-corrected chi connectivity index (χ4v) is 4.59. The maximum atomic E-state index is 14.6. The minimum atomic E-state index is -0.885. The summed E-state index contributed by atoms with van der Waals surface area (Å²) in [6.07, 6.45) is 2.40. The zero-order chi connectivity index (χ0) is 24.5. The predicted molar refractivity (Wildman–Crippen MR) is 129 cm³/mol. The maximum Gasteiger partial charge on any atom is 0.243 e. The lowest BCUT2D eigenvalue weighted by molar-refractivity contribution is -0.909. The number of hydrogen-bond acceptors (Lipinski definition) is 3. The molecule has 0 saturated heterocycles. The molecule has 0 saturated carbocycles. The topological polar surface area (TPSA) is 60.3 Å². The Kier molecular flexibility index (Phi) is 6.02. The highest BCUT2D eigenvalue weighted by molar-refractivity contribution is 6.31. The highest BCUT2D eigenvalue weighted by Gasteiger charge is 2.32. The largest absolute Gasteiger partial charge is 0.285 e. The van der Waals surface area contributed by atoms with Gasteiger partial charge >= 0.3 is 0 Å². The third-order valence-corrected chi connectivity index (χ3v) is 6.48. The second kappa shape index (κ2) is 9.28. The van der Waals surface area contributed by atoms with Gasteiger partial charge in [-0.15, -0.1) is 0 Å². The Labute approximate surface area is 206 Å². The van der Waals surface area contributed by atoms with E-state index in [1.165, 1.54) is 6.20 Å². The summed E-state index contributed by atoms with van der Waals surface area (Å²) in [5, 5.41) is 20.0. The molecule has 1 aliphatic rings. The van der Waals surface area contributed by atoms with Gasteiger partial charge in [-0.2, -0.15) is 5.26 Å². The van der Waals surface area contributed by atoms with Crippen molar-refractivity contribution in [2.24, 2.45) is 4.99 Å². The van der Waals surface area contributed by atoms with Gasteiger partial charge < -0.3 is 0 Å². The molecule has 1 aliphatic heterocycles. The van der Waals surface area contributed by atoms with Crippen molar-refractivity contribution in [2.45, 2.75) is 18.8 Å². The summed E-state index contributed by atoms with van der Waals surface area (Å²) in [6, 6.07) is 22.8. The number of rotatable bonds is 5. The quantitative estimate of drug-likeness (QED) is 0.203. The molecular weight excluding hydrogens is 468 g/mol. The average molecular weight is 487 g/mol. The summed E-state index contributed by atoms with van der Waals surface area (Å²) in [7, 11) is 0. The number of pyridine rings is 1. The van der Waals surface area contributed by atoms with E-state index in [-0.39, 0.29) is 22.1 Å². The van der Waals surface area contributed by atoms with Crippen LogP contribution in [0.1, 0.15) is 28.3 Å². The molecule has 0 spiro atoms. The molecule has 3 aromatic carbocycles. The SMILES string of the molecule is N#Cc1ccc2c(c1)N=C(C(Cc1ccccc1)c1ccc(-c3c(F)ccc(Cl)c3F)c[n+]1O)C2. The minimum absolute atomic E-state index is 0.155. The Hall–Kier alpha value is -4.08. The zero-order valence-electron chi connectivity index (χ0n) is 18.4. The fourth-order valence-electron chi connectivity index (χ4n) is 4.44. The second-order valence-electron chi connectivity index (χ2n) is 8.38. The Balaban J connectivity index is 1.57. The summed E-state index contributed by atoms with van der Waals surface area (Å²) < 4.78 is 29.9.